The third-order valence-corrected chi connectivity index (χ3v) is 2.86. The van der Waals surface area contributed by atoms with Crippen molar-refractivity contribution >= 4 is 17.3 Å². The summed E-state index contributed by atoms with van der Waals surface area (Å²) >= 11 is 0. The van der Waals surface area contributed by atoms with Gasteiger partial charge in [-0.05, 0) is 35.9 Å². The average Bonchev–Trinajstić information content (AvgIpc) is 2.46. The number of anilines is 2. The second kappa shape index (κ2) is 6.53. The van der Waals surface area contributed by atoms with E-state index in [1.807, 2.05) is 18.2 Å². The minimum atomic E-state index is -0.434. The van der Waals surface area contributed by atoms with Gasteiger partial charge in [0.25, 0.3) is 0 Å². The molecular weight excluding hydrogens is 269 g/mol. The Balaban J connectivity index is 2.03. The minimum Gasteiger partial charge on any atom is -0.380 e. The highest BCUT2D eigenvalue weighted by Gasteiger charge is 2.03. The number of halogens is 1. The van der Waals surface area contributed by atoms with Crippen molar-refractivity contribution in [2.45, 2.75) is 13.5 Å². The van der Waals surface area contributed by atoms with E-state index in [2.05, 4.69) is 10.6 Å². The van der Waals surface area contributed by atoms with Crippen LogP contribution in [0, 0.1) is 17.1 Å². The summed E-state index contributed by atoms with van der Waals surface area (Å²) in [6.07, 6.45) is 0. The number of nitrogens with one attached hydrogen (secondary N) is 2. The number of benzene rings is 2. The molecule has 0 saturated heterocycles. The van der Waals surface area contributed by atoms with E-state index in [4.69, 9.17) is 5.26 Å². The van der Waals surface area contributed by atoms with Gasteiger partial charge in [0, 0.05) is 19.2 Å². The van der Waals surface area contributed by atoms with E-state index in [-0.39, 0.29) is 11.5 Å². The van der Waals surface area contributed by atoms with Gasteiger partial charge < -0.3 is 10.6 Å². The van der Waals surface area contributed by atoms with E-state index in [0.29, 0.717) is 12.2 Å². The Hall–Kier alpha value is -2.87. The molecule has 2 N–H and O–H groups in total. The number of carbonyl (C=O) groups is 1. The molecule has 0 unspecified atom stereocenters. The summed E-state index contributed by atoms with van der Waals surface area (Å²) in [5.74, 6) is -0.553. The molecule has 0 aliphatic carbocycles. The van der Waals surface area contributed by atoms with E-state index in [1.54, 1.807) is 18.2 Å². The average molecular weight is 283 g/mol. The molecule has 0 aliphatic heterocycles. The van der Waals surface area contributed by atoms with Crippen LogP contribution in [0.3, 0.4) is 0 Å². The standard InChI is InChI=1S/C16H14FN3O/c1-11(21)20-15-5-2-12(3-6-15)10-19-16-7-4-14(17)8-13(16)9-18/h2-8,19H,10H2,1H3,(H,20,21). The van der Waals surface area contributed by atoms with Gasteiger partial charge in [0.1, 0.15) is 11.9 Å². The largest absolute Gasteiger partial charge is 0.380 e. The van der Waals surface area contributed by atoms with Crippen molar-refractivity contribution in [3.63, 3.8) is 0 Å². The van der Waals surface area contributed by atoms with E-state index >= 15 is 0 Å². The molecule has 0 radical (unpaired) electrons. The van der Waals surface area contributed by atoms with Crippen LogP contribution in [0.5, 0.6) is 0 Å². The van der Waals surface area contributed by atoms with Crippen molar-refractivity contribution in [2.75, 3.05) is 10.6 Å². The summed E-state index contributed by atoms with van der Waals surface area (Å²) in [7, 11) is 0. The second-order valence-corrected chi connectivity index (χ2v) is 4.53. The normalized spacial score (nSPS) is 9.76. The zero-order chi connectivity index (χ0) is 15.2. The van der Waals surface area contributed by atoms with Gasteiger partial charge in [-0.15, -0.1) is 0 Å². The number of rotatable bonds is 4. The van der Waals surface area contributed by atoms with E-state index < -0.39 is 5.82 Å². The number of nitrogens with zero attached hydrogens (tertiary/aromatic N) is 1. The molecule has 2 rings (SSSR count). The fraction of sp³-hybridized carbons (Fsp3) is 0.125. The lowest BCUT2D eigenvalue weighted by molar-refractivity contribution is -0.114. The molecule has 0 fully saturated rings. The third-order valence-electron chi connectivity index (χ3n) is 2.86. The minimum absolute atomic E-state index is 0.120. The molecular formula is C16H14FN3O. The number of hydrogen-bond acceptors (Lipinski definition) is 3. The SMILES string of the molecule is CC(=O)Nc1ccc(CNc2ccc(F)cc2C#N)cc1. The molecule has 0 atom stereocenters. The summed E-state index contributed by atoms with van der Waals surface area (Å²) in [6, 6.07) is 13.3. The lowest BCUT2D eigenvalue weighted by Gasteiger charge is -2.09. The van der Waals surface area contributed by atoms with Gasteiger partial charge in [-0.25, -0.2) is 4.39 Å². The fourth-order valence-corrected chi connectivity index (χ4v) is 1.87. The monoisotopic (exact) mass is 283 g/mol. The maximum absolute atomic E-state index is 13.0. The highest BCUT2D eigenvalue weighted by Crippen LogP contribution is 2.17. The Bertz CT molecular complexity index is 690. The van der Waals surface area contributed by atoms with Gasteiger partial charge in [-0.3, -0.25) is 4.79 Å². The first kappa shape index (κ1) is 14.5. The smallest absolute Gasteiger partial charge is 0.221 e. The first-order valence-corrected chi connectivity index (χ1v) is 6.38. The highest BCUT2D eigenvalue weighted by molar-refractivity contribution is 5.88. The molecule has 0 bridgehead atoms. The summed E-state index contributed by atoms with van der Waals surface area (Å²) in [5, 5.41) is 14.7. The van der Waals surface area contributed by atoms with Crippen molar-refractivity contribution < 1.29 is 9.18 Å². The maximum atomic E-state index is 13.0. The molecule has 0 heterocycles. The Labute approximate surface area is 122 Å². The van der Waals surface area contributed by atoms with Gasteiger partial charge in [0.2, 0.25) is 5.91 Å². The molecule has 0 aliphatic rings. The van der Waals surface area contributed by atoms with Gasteiger partial charge in [-0.2, -0.15) is 5.26 Å². The van der Waals surface area contributed by atoms with Crippen LogP contribution in [-0.2, 0) is 11.3 Å². The van der Waals surface area contributed by atoms with Crippen LogP contribution in [-0.4, -0.2) is 5.91 Å². The molecule has 106 valence electrons. The Kier molecular flexibility index (Phi) is 4.52. The maximum Gasteiger partial charge on any atom is 0.221 e. The van der Waals surface area contributed by atoms with Crippen LogP contribution in [0.2, 0.25) is 0 Å². The molecule has 0 saturated carbocycles. The zero-order valence-corrected chi connectivity index (χ0v) is 11.5. The highest BCUT2D eigenvalue weighted by atomic mass is 19.1. The van der Waals surface area contributed by atoms with Crippen LogP contribution in [0.25, 0.3) is 0 Å². The number of carbonyl (C=O) groups excluding carboxylic acids is 1. The summed E-state index contributed by atoms with van der Waals surface area (Å²) < 4.78 is 13.0. The van der Waals surface area contributed by atoms with Gasteiger partial charge in [0.15, 0.2) is 0 Å². The first-order valence-electron chi connectivity index (χ1n) is 6.38. The van der Waals surface area contributed by atoms with Crippen molar-refractivity contribution in [1.29, 1.82) is 5.26 Å². The van der Waals surface area contributed by atoms with Crippen LogP contribution in [0.15, 0.2) is 42.5 Å². The number of hydrogen-bond donors (Lipinski definition) is 2. The van der Waals surface area contributed by atoms with Crippen molar-refractivity contribution in [2.24, 2.45) is 0 Å². The van der Waals surface area contributed by atoms with Crippen molar-refractivity contribution in [1.82, 2.24) is 0 Å². The molecule has 21 heavy (non-hydrogen) atoms. The van der Waals surface area contributed by atoms with Gasteiger partial charge in [0.05, 0.1) is 11.3 Å². The second-order valence-electron chi connectivity index (χ2n) is 4.53. The lowest BCUT2D eigenvalue weighted by Crippen LogP contribution is -2.06. The molecule has 0 spiro atoms. The lowest BCUT2D eigenvalue weighted by atomic mass is 10.1. The predicted octanol–water partition coefficient (Wildman–Crippen LogP) is 3.27. The number of amides is 1. The topological polar surface area (TPSA) is 64.9 Å². The Morgan fingerprint density at radius 2 is 1.95 bits per heavy atom. The van der Waals surface area contributed by atoms with Gasteiger partial charge >= 0.3 is 0 Å². The fourth-order valence-electron chi connectivity index (χ4n) is 1.87. The van der Waals surface area contributed by atoms with E-state index in [1.165, 1.54) is 19.1 Å². The molecule has 4 nitrogen and oxygen atoms in total. The van der Waals surface area contributed by atoms with Crippen LogP contribution in [0.1, 0.15) is 18.1 Å². The zero-order valence-electron chi connectivity index (χ0n) is 11.5. The first-order chi connectivity index (χ1) is 10.1. The third kappa shape index (κ3) is 4.05. The molecule has 1 amide bonds. The van der Waals surface area contributed by atoms with Crippen LogP contribution in [0.4, 0.5) is 15.8 Å². The van der Waals surface area contributed by atoms with E-state index in [0.717, 1.165) is 11.3 Å². The molecule has 5 heteroatoms. The molecule has 2 aromatic rings. The van der Waals surface area contributed by atoms with Crippen molar-refractivity contribution in [3.05, 3.63) is 59.4 Å². The van der Waals surface area contributed by atoms with Crippen LogP contribution >= 0.6 is 0 Å². The van der Waals surface area contributed by atoms with Crippen LogP contribution < -0.4 is 10.6 Å². The van der Waals surface area contributed by atoms with Crippen molar-refractivity contribution in [3.8, 4) is 6.07 Å². The molecule has 2 aromatic carbocycles. The number of nitriles is 1. The summed E-state index contributed by atoms with van der Waals surface area (Å²) in [4.78, 5) is 10.9. The predicted molar refractivity (Wildman–Crippen MR) is 79.2 cm³/mol. The molecule has 0 aromatic heterocycles. The Morgan fingerprint density at radius 1 is 1.24 bits per heavy atom. The Morgan fingerprint density at radius 3 is 2.57 bits per heavy atom. The summed E-state index contributed by atoms with van der Waals surface area (Å²) in [6.45, 7) is 1.95. The van der Waals surface area contributed by atoms with Gasteiger partial charge in [-0.1, -0.05) is 12.1 Å². The summed E-state index contributed by atoms with van der Waals surface area (Å²) in [5.41, 5.74) is 2.57. The quantitative estimate of drug-likeness (QED) is 0.905. The van der Waals surface area contributed by atoms with E-state index in [9.17, 15) is 9.18 Å².